The SMILES string of the molecule is CC(N)(Cc1ccc(Br)s1)c1cc(F)cc(F)c1. The van der Waals surface area contributed by atoms with Crippen LogP contribution in [0.5, 0.6) is 0 Å². The van der Waals surface area contributed by atoms with Crippen molar-refractivity contribution < 1.29 is 8.78 Å². The number of thiophene rings is 1. The van der Waals surface area contributed by atoms with E-state index < -0.39 is 17.2 Å². The van der Waals surface area contributed by atoms with Crippen LogP contribution in [0.3, 0.4) is 0 Å². The highest BCUT2D eigenvalue weighted by Gasteiger charge is 2.24. The zero-order valence-electron chi connectivity index (χ0n) is 9.71. The van der Waals surface area contributed by atoms with Gasteiger partial charge in [0.15, 0.2) is 0 Å². The lowest BCUT2D eigenvalue weighted by Gasteiger charge is -2.24. The first-order valence-corrected chi connectivity index (χ1v) is 6.97. The molecule has 0 amide bonds. The average Bonchev–Trinajstić information content (AvgIpc) is 2.61. The van der Waals surface area contributed by atoms with Gasteiger partial charge in [0, 0.05) is 22.9 Å². The quantitative estimate of drug-likeness (QED) is 0.895. The van der Waals surface area contributed by atoms with E-state index in [4.69, 9.17) is 5.73 Å². The van der Waals surface area contributed by atoms with Crippen molar-refractivity contribution in [2.75, 3.05) is 0 Å². The molecule has 96 valence electrons. The van der Waals surface area contributed by atoms with Gasteiger partial charge in [0.1, 0.15) is 11.6 Å². The maximum Gasteiger partial charge on any atom is 0.126 e. The minimum absolute atomic E-state index is 0.463. The summed E-state index contributed by atoms with van der Waals surface area (Å²) in [5, 5.41) is 0. The molecule has 1 aromatic heterocycles. The van der Waals surface area contributed by atoms with Crippen LogP contribution in [0.25, 0.3) is 0 Å². The normalized spacial score (nSPS) is 14.5. The zero-order valence-corrected chi connectivity index (χ0v) is 12.1. The molecule has 5 heteroatoms. The van der Waals surface area contributed by atoms with Gasteiger partial charge in [-0.15, -0.1) is 11.3 Å². The molecule has 1 atom stereocenters. The van der Waals surface area contributed by atoms with Gasteiger partial charge in [-0.2, -0.15) is 0 Å². The van der Waals surface area contributed by atoms with Crippen molar-refractivity contribution in [2.24, 2.45) is 5.73 Å². The first-order valence-electron chi connectivity index (χ1n) is 5.36. The molecular formula is C13H12BrF2NS. The molecule has 0 saturated carbocycles. The van der Waals surface area contributed by atoms with Crippen LogP contribution in [0.1, 0.15) is 17.4 Å². The Bertz CT molecular complexity index is 546. The van der Waals surface area contributed by atoms with E-state index in [2.05, 4.69) is 15.9 Å². The first-order chi connectivity index (χ1) is 8.37. The summed E-state index contributed by atoms with van der Waals surface area (Å²) < 4.78 is 27.4. The lowest BCUT2D eigenvalue weighted by Crippen LogP contribution is -2.35. The Morgan fingerprint density at radius 1 is 1.22 bits per heavy atom. The number of rotatable bonds is 3. The number of hydrogen-bond donors (Lipinski definition) is 1. The highest BCUT2D eigenvalue weighted by atomic mass is 79.9. The molecule has 0 bridgehead atoms. The molecule has 18 heavy (non-hydrogen) atoms. The van der Waals surface area contributed by atoms with Crippen LogP contribution in [0, 0.1) is 11.6 Å². The van der Waals surface area contributed by atoms with Crippen LogP contribution in [-0.4, -0.2) is 0 Å². The van der Waals surface area contributed by atoms with Gasteiger partial charge in [-0.05, 0) is 52.7 Å². The fourth-order valence-corrected chi connectivity index (χ4v) is 3.44. The van der Waals surface area contributed by atoms with E-state index in [9.17, 15) is 8.78 Å². The summed E-state index contributed by atoms with van der Waals surface area (Å²) in [5.74, 6) is -1.21. The van der Waals surface area contributed by atoms with Crippen LogP contribution >= 0.6 is 27.3 Å². The van der Waals surface area contributed by atoms with E-state index in [0.717, 1.165) is 14.7 Å². The van der Waals surface area contributed by atoms with Crippen LogP contribution < -0.4 is 5.73 Å². The third-order valence-corrected chi connectivity index (χ3v) is 4.32. The van der Waals surface area contributed by atoms with Gasteiger partial charge in [-0.25, -0.2) is 8.78 Å². The molecule has 1 unspecified atom stereocenters. The largest absolute Gasteiger partial charge is 0.321 e. The van der Waals surface area contributed by atoms with Gasteiger partial charge < -0.3 is 5.73 Å². The summed E-state index contributed by atoms with van der Waals surface area (Å²) in [6.07, 6.45) is 0.534. The van der Waals surface area contributed by atoms with Gasteiger partial charge >= 0.3 is 0 Å². The lowest BCUT2D eigenvalue weighted by molar-refractivity contribution is 0.482. The monoisotopic (exact) mass is 331 g/mol. The second-order valence-corrected chi connectivity index (χ2v) is 7.01. The standard InChI is InChI=1S/C13H12BrF2NS/c1-13(17,7-11-2-3-12(14)18-11)8-4-9(15)6-10(16)5-8/h2-6H,7,17H2,1H3. The highest BCUT2D eigenvalue weighted by molar-refractivity contribution is 9.11. The van der Waals surface area contributed by atoms with Gasteiger partial charge in [-0.3, -0.25) is 0 Å². The van der Waals surface area contributed by atoms with E-state index in [-0.39, 0.29) is 0 Å². The van der Waals surface area contributed by atoms with Gasteiger partial charge in [0.25, 0.3) is 0 Å². The molecule has 2 aromatic rings. The molecule has 2 rings (SSSR count). The molecule has 0 fully saturated rings. The number of nitrogens with two attached hydrogens (primary N) is 1. The average molecular weight is 332 g/mol. The Hall–Kier alpha value is -0.780. The van der Waals surface area contributed by atoms with Crippen molar-refractivity contribution in [2.45, 2.75) is 18.9 Å². The molecule has 0 saturated heterocycles. The predicted octanol–water partition coefficient (Wildman–Crippen LogP) is 4.21. The maximum atomic E-state index is 13.2. The second kappa shape index (κ2) is 5.07. The van der Waals surface area contributed by atoms with Gasteiger partial charge in [0.05, 0.1) is 3.79 Å². The number of hydrogen-bond acceptors (Lipinski definition) is 2. The predicted molar refractivity (Wildman–Crippen MR) is 73.6 cm³/mol. The van der Waals surface area contributed by atoms with E-state index in [1.807, 2.05) is 12.1 Å². The van der Waals surface area contributed by atoms with Crippen LogP contribution in [0.4, 0.5) is 8.78 Å². The Balaban J connectivity index is 2.29. The molecule has 2 N–H and O–H groups in total. The maximum absolute atomic E-state index is 13.2. The van der Waals surface area contributed by atoms with E-state index >= 15 is 0 Å². The molecule has 0 spiro atoms. The summed E-state index contributed by atoms with van der Waals surface area (Å²) in [6.45, 7) is 1.77. The molecule has 1 aromatic carbocycles. The fraction of sp³-hybridized carbons (Fsp3) is 0.231. The topological polar surface area (TPSA) is 26.0 Å². The van der Waals surface area contributed by atoms with Crippen molar-refractivity contribution >= 4 is 27.3 Å². The summed E-state index contributed by atoms with van der Waals surface area (Å²) in [4.78, 5) is 1.07. The minimum Gasteiger partial charge on any atom is -0.321 e. The zero-order chi connectivity index (χ0) is 13.3. The van der Waals surface area contributed by atoms with E-state index in [0.29, 0.717) is 12.0 Å². The molecular weight excluding hydrogens is 320 g/mol. The molecule has 1 nitrogen and oxygen atoms in total. The van der Waals surface area contributed by atoms with E-state index in [1.54, 1.807) is 18.3 Å². The summed E-state index contributed by atoms with van der Waals surface area (Å²) in [7, 11) is 0. The third kappa shape index (κ3) is 3.16. The van der Waals surface area contributed by atoms with Crippen LogP contribution in [0.2, 0.25) is 0 Å². The fourth-order valence-electron chi connectivity index (χ4n) is 1.79. The van der Waals surface area contributed by atoms with Crippen molar-refractivity contribution in [1.82, 2.24) is 0 Å². The van der Waals surface area contributed by atoms with Crippen molar-refractivity contribution in [3.8, 4) is 0 Å². The first kappa shape index (κ1) is 13.6. The summed E-state index contributed by atoms with van der Waals surface area (Å²) in [6, 6.07) is 7.30. The molecule has 0 aliphatic carbocycles. The smallest absolute Gasteiger partial charge is 0.126 e. The molecule has 0 aliphatic heterocycles. The van der Waals surface area contributed by atoms with Crippen molar-refractivity contribution in [3.05, 3.63) is 56.2 Å². The second-order valence-electron chi connectivity index (χ2n) is 4.46. The molecule has 0 radical (unpaired) electrons. The number of halogens is 3. The Kier molecular flexibility index (Phi) is 3.84. The number of benzene rings is 1. The minimum atomic E-state index is -0.798. The van der Waals surface area contributed by atoms with Gasteiger partial charge in [-0.1, -0.05) is 0 Å². The molecule has 0 aliphatic rings. The third-order valence-electron chi connectivity index (χ3n) is 2.69. The highest BCUT2D eigenvalue weighted by Crippen LogP contribution is 2.29. The van der Waals surface area contributed by atoms with Crippen LogP contribution in [-0.2, 0) is 12.0 Å². The lowest BCUT2D eigenvalue weighted by atomic mass is 9.89. The van der Waals surface area contributed by atoms with Gasteiger partial charge in [0.2, 0.25) is 0 Å². The van der Waals surface area contributed by atoms with E-state index in [1.165, 1.54) is 12.1 Å². The van der Waals surface area contributed by atoms with Crippen molar-refractivity contribution in [1.29, 1.82) is 0 Å². The summed E-state index contributed by atoms with van der Waals surface area (Å²) >= 11 is 4.94. The van der Waals surface area contributed by atoms with Crippen LogP contribution in [0.15, 0.2) is 34.1 Å². The Morgan fingerprint density at radius 3 is 2.33 bits per heavy atom. The molecule has 1 heterocycles. The Morgan fingerprint density at radius 2 is 1.83 bits per heavy atom. The van der Waals surface area contributed by atoms with Crippen molar-refractivity contribution in [3.63, 3.8) is 0 Å². The summed E-state index contributed by atoms with van der Waals surface area (Å²) in [5.41, 5.74) is 5.84. The Labute approximate surface area is 117 Å².